The van der Waals surface area contributed by atoms with E-state index in [0.29, 0.717) is 36.1 Å². The fourth-order valence-electron chi connectivity index (χ4n) is 2.44. The molecule has 0 unspecified atom stereocenters. The standard InChI is InChI=1S/C21H26N2O6/c1-5-28-20-11-16(7-9-18(20)29-14-21(24)27-4)13-23-22-12-15-6-8-17(25-2)19(10-15)26-3/h6-11,13,22H,5,12,14H2,1-4H3/b23-13-. The van der Waals surface area contributed by atoms with Gasteiger partial charge in [0, 0.05) is 0 Å². The number of carbonyl (C=O) groups excluding carboxylic acids is 1. The molecule has 8 heteroatoms. The number of benzene rings is 2. The molecule has 0 bridgehead atoms. The molecule has 0 spiro atoms. The van der Waals surface area contributed by atoms with Crippen LogP contribution in [0.3, 0.4) is 0 Å². The van der Waals surface area contributed by atoms with Crippen molar-refractivity contribution < 1.29 is 28.5 Å². The third-order valence-electron chi connectivity index (χ3n) is 3.88. The van der Waals surface area contributed by atoms with Gasteiger partial charge in [-0.25, -0.2) is 4.79 Å². The SMILES string of the molecule is CCOc1cc(/C=N\NCc2ccc(OC)c(OC)c2)ccc1OCC(=O)OC. The van der Waals surface area contributed by atoms with Gasteiger partial charge in [0.15, 0.2) is 29.6 Å². The minimum atomic E-state index is -0.461. The predicted octanol–water partition coefficient (Wildman–Crippen LogP) is 2.78. The molecule has 0 aliphatic heterocycles. The first-order valence-corrected chi connectivity index (χ1v) is 9.04. The van der Waals surface area contributed by atoms with Crippen molar-refractivity contribution in [2.24, 2.45) is 5.10 Å². The zero-order valence-electron chi connectivity index (χ0n) is 17.1. The summed E-state index contributed by atoms with van der Waals surface area (Å²) in [6.07, 6.45) is 1.67. The molecule has 0 amide bonds. The highest BCUT2D eigenvalue weighted by Crippen LogP contribution is 2.28. The number of hydrazone groups is 1. The molecule has 29 heavy (non-hydrogen) atoms. The smallest absolute Gasteiger partial charge is 0.343 e. The first-order valence-electron chi connectivity index (χ1n) is 9.04. The Hall–Kier alpha value is -3.42. The lowest BCUT2D eigenvalue weighted by atomic mass is 10.2. The molecule has 0 aliphatic carbocycles. The topological polar surface area (TPSA) is 87.6 Å². The van der Waals surface area contributed by atoms with Crippen LogP contribution in [0.4, 0.5) is 0 Å². The van der Waals surface area contributed by atoms with E-state index >= 15 is 0 Å². The second kappa shape index (κ2) is 11.4. The normalized spacial score (nSPS) is 10.5. The third-order valence-corrected chi connectivity index (χ3v) is 3.88. The second-order valence-corrected chi connectivity index (χ2v) is 5.79. The van der Waals surface area contributed by atoms with E-state index < -0.39 is 5.97 Å². The van der Waals surface area contributed by atoms with Gasteiger partial charge in [0.1, 0.15) is 0 Å². The Balaban J connectivity index is 1.99. The number of nitrogens with zero attached hydrogens (tertiary/aromatic N) is 1. The maximum absolute atomic E-state index is 11.3. The van der Waals surface area contributed by atoms with E-state index in [9.17, 15) is 4.79 Å². The van der Waals surface area contributed by atoms with E-state index in [2.05, 4.69) is 15.3 Å². The highest BCUT2D eigenvalue weighted by molar-refractivity contribution is 5.80. The number of hydrogen-bond acceptors (Lipinski definition) is 8. The summed E-state index contributed by atoms with van der Waals surface area (Å²) in [7, 11) is 4.51. The van der Waals surface area contributed by atoms with Crippen LogP contribution in [0, 0.1) is 0 Å². The van der Waals surface area contributed by atoms with Gasteiger partial charge in [-0.2, -0.15) is 5.10 Å². The van der Waals surface area contributed by atoms with Crippen molar-refractivity contribution in [3.8, 4) is 23.0 Å². The summed E-state index contributed by atoms with van der Waals surface area (Å²) in [6.45, 7) is 2.68. The Morgan fingerprint density at radius 3 is 2.41 bits per heavy atom. The zero-order valence-corrected chi connectivity index (χ0v) is 17.1. The van der Waals surface area contributed by atoms with Crippen molar-refractivity contribution in [3.63, 3.8) is 0 Å². The monoisotopic (exact) mass is 402 g/mol. The fraction of sp³-hybridized carbons (Fsp3) is 0.333. The Morgan fingerprint density at radius 2 is 1.72 bits per heavy atom. The van der Waals surface area contributed by atoms with Crippen LogP contribution < -0.4 is 24.4 Å². The molecule has 8 nitrogen and oxygen atoms in total. The summed E-state index contributed by atoms with van der Waals surface area (Å²) in [5.74, 6) is 1.88. The Morgan fingerprint density at radius 1 is 0.966 bits per heavy atom. The van der Waals surface area contributed by atoms with Gasteiger partial charge in [0.05, 0.1) is 40.7 Å². The molecular weight excluding hydrogens is 376 g/mol. The molecule has 0 atom stereocenters. The van der Waals surface area contributed by atoms with E-state index in [1.165, 1.54) is 7.11 Å². The molecule has 0 heterocycles. The van der Waals surface area contributed by atoms with E-state index in [4.69, 9.17) is 18.9 Å². The molecule has 1 N–H and O–H groups in total. The van der Waals surface area contributed by atoms with Crippen LogP contribution in [0.1, 0.15) is 18.1 Å². The molecule has 2 aromatic rings. The van der Waals surface area contributed by atoms with Crippen LogP contribution in [0.5, 0.6) is 23.0 Å². The summed E-state index contributed by atoms with van der Waals surface area (Å²) in [5, 5.41) is 4.24. The van der Waals surface area contributed by atoms with E-state index in [-0.39, 0.29) is 6.61 Å². The summed E-state index contributed by atoms with van der Waals surface area (Å²) in [6, 6.07) is 11.0. The molecule has 0 radical (unpaired) electrons. The number of ether oxygens (including phenoxy) is 5. The fourth-order valence-corrected chi connectivity index (χ4v) is 2.44. The average Bonchev–Trinajstić information content (AvgIpc) is 2.75. The molecule has 156 valence electrons. The van der Waals surface area contributed by atoms with Gasteiger partial charge in [-0.3, -0.25) is 0 Å². The lowest BCUT2D eigenvalue weighted by molar-refractivity contribution is -0.142. The summed E-state index contributed by atoms with van der Waals surface area (Å²) < 4.78 is 26.1. The largest absolute Gasteiger partial charge is 0.493 e. The number of carbonyl (C=O) groups is 1. The van der Waals surface area contributed by atoms with Crippen molar-refractivity contribution in [2.75, 3.05) is 34.5 Å². The summed E-state index contributed by atoms with van der Waals surface area (Å²) in [5.41, 5.74) is 4.81. The first-order chi connectivity index (χ1) is 14.1. The van der Waals surface area contributed by atoms with E-state index in [1.54, 1.807) is 32.6 Å². The lowest BCUT2D eigenvalue weighted by Gasteiger charge is -2.11. The van der Waals surface area contributed by atoms with Gasteiger partial charge in [-0.15, -0.1) is 0 Å². The molecule has 0 fully saturated rings. The van der Waals surface area contributed by atoms with Crippen molar-refractivity contribution in [1.82, 2.24) is 5.43 Å². The van der Waals surface area contributed by atoms with Gasteiger partial charge in [-0.1, -0.05) is 6.07 Å². The van der Waals surface area contributed by atoms with Crippen LogP contribution in [-0.2, 0) is 16.1 Å². The Bertz CT molecular complexity index is 838. The van der Waals surface area contributed by atoms with Crippen molar-refractivity contribution in [3.05, 3.63) is 47.5 Å². The van der Waals surface area contributed by atoms with Crippen molar-refractivity contribution >= 4 is 12.2 Å². The van der Waals surface area contributed by atoms with Gasteiger partial charge in [0.25, 0.3) is 0 Å². The molecule has 0 saturated carbocycles. The minimum absolute atomic E-state index is 0.184. The van der Waals surface area contributed by atoms with Crippen LogP contribution >= 0.6 is 0 Å². The maximum atomic E-state index is 11.3. The van der Waals surface area contributed by atoms with Gasteiger partial charge < -0.3 is 29.1 Å². The highest BCUT2D eigenvalue weighted by Gasteiger charge is 2.09. The maximum Gasteiger partial charge on any atom is 0.343 e. The van der Waals surface area contributed by atoms with Gasteiger partial charge >= 0.3 is 5.97 Å². The first kappa shape index (κ1) is 21.9. The van der Waals surface area contributed by atoms with E-state index in [0.717, 1.165) is 11.1 Å². The quantitative estimate of drug-likeness (QED) is 0.351. The van der Waals surface area contributed by atoms with Crippen LogP contribution in [-0.4, -0.2) is 46.7 Å². The molecular formula is C21H26N2O6. The Kier molecular flexibility index (Phi) is 8.62. The van der Waals surface area contributed by atoms with Gasteiger partial charge in [-0.05, 0) is 48.4 Å². The van der Waals surface area contributed by atoms with Crippen LogP contribution in [0.2, 0.25) is 0 Å². The molecule has 0 saturated heterocycles. The number of esters is 1. The average molecular weight is 402 g/mol. The number of rotatable bonds is 11. The van der Waals surface area contributed by atoms with Crippen molar-refractivity contribution in [2.45, 2.75) is 13.5 Å². The van der Waals surface area contributed by atoms with E-state index in [1.807, 2.05) is 31.2 Å². The van der Waals surface area contributed by atoms with Crippen molar-refractivity contribution in [1.29, 1.82) is 0 Å². The number of nitrogens with one attached hydrogen (secondary N) is 1. The molecule has 2 rings (SSSR count). The minimum Gasteiger partial charge on any atom is -0.493 e. The van der Waals surface area contributed by atoms with Crippen LogP contribution in [0.25, 0.3) is 0 Å². The molecule has 0 aliphatic rings. The predicted molar refractivity (Wildman–Crippen MR) is 109 cm³/mol. The summed E-state index contributed by atoms with van der Waals surface area (Å²) >= 11 is 0. The second-order valence-electron chi connectivity index (χ2n) is 5.79. The molecule has 0 aromatic heterocycles. The lowest BCUT2D eigenvalue weighted by Crippen LogP contribution is -2.13. The van der Waals surface area contributed by atoms with Gasteiger partial charge in [0.2, 0.25) is 0 Å². The third kappa shape index (κ3) is 6.60. The van der Waals surface area contributed by atoms with Crippen LogP contribution in [0.15, 0.2) is 41.5 Å². The highest BCUT2D eigenvalue weighted by atomic mass is 16.6. The zero-order chi connectivity index (χ0) is 21.1. The summed E-state index contributed by atoms with van der Waals surface area (Å²) in [4.78, 5) is 11.3. The molecule has 2 aromatic carbocycles. The number of methoxy groups -OCH3 is 3. The number of hydrogen-bond donors (Lipinski definition) is 1. The Labute approximate surface area is 170 Å².